The van der Waals surface area contributed by atoms with Crippen molar-refractivity contribution in [2.75, 3.05) is 49.0 Å². The third kappa shape index (κ3) is 6.16. The van der Waals surface area contributed by atoms with Gasteiger partial charge in [-0.15, -0.1) is 0 Å². The molecular weight excluding hydrogens is 290 g/mol. The summed E-state index contributed by atoms with van der Waals surface area (Å²) in [4.78, 5) is 0. The van der Waals surface area contributed by atoms with Gasteiger partial charge in [0.25, 0.3) is 0 Å². The molecule has 0 unspecified atom stereocenters. The molecule has 1 aromatic carbocycles. The molecule has 0 heterocycles. The number of nitrogens with zero attached hydrogens (tertiary/aromatic N) is 1. The average molecular weight is 314 g/mol. The van der Waals surface area contributed by atoms with Crippen LogP contribution in [0, 0.1) is 11.8 Å². The topological polar surface area (TPSA) is 27.7 Å². The highest BCUT2D eigenvalue weighted by Gasteiger charge is 2.12. The smallest absolute Gasteiger partial charge is 0.203 e. The Hall–Kier alpha value is -1.57. The fourth-order valence-electron chi connectivity index (χ4n) is 1.71. The third-order valence-electron chi connectivity index (χ3n) is 2.81. The molecule has 0 aliphatic rings. The van der Waals surface area contributed by atoms with Crippen molar-refractivity contribution in [1.82, 2.24) is 0 Å². The van der Waals surface area contributed by atoms with E-state index in [1.54, 1.807) is 21.3 Å². The molecule has 0 atom stereocenters. The van der Waals surface area contributed by atoms with E-state index in [4.69, 9.17) is 14.2 Å². The van der Waals surface area contributed by atoms with Gasteiger partial charge < -0.3 is 31.1 Å². The van der Waals surface area contributed by atoms with E-state index in [9.17, 15) is 0 Å². The quantitative estimate of drug-likeness (QED) is 0.524. The average Bonchev–Trinajstić information content (AvgIpc) is 2.41. The summed E-state index contributed by atoms with van der Waals surface area (Å²) in [6.07, 6.45) is 0.847. The molecular formula is C16H24ClNO3. The third-order valence-corrected chi connectivity index (χ3v) is 2.81. The van der Waals surface area contributed by atoms with Crippen LogP contribution in [0.25, 0.3) is 0 Å². The summed E-state index contributed by atoms with van der Waals surface area (Å²) in [5, 5.41) is 0. The van der Waals surface area contributed by atoms with Gasteiger partial charge in [-0.05, 0) is 12.1 Å². The fourth-order valence-corrected chi connectivity index (χ4v) is 1.71. The maximum atomic E-state index is 5.30. The molecule has 0 radical (unpaired) electrons. The molecule has 0 aromatic heterocycles. The van der Waals surface area contributed by atoms with Crippen LogP contribution >= 0.6 is 0 Å². The molecule has 0 aliphatic heterocycles. The minimum atomic E-state index is 0. The van der Waals surface area contributed by atoms with Crippen molar-refractivity contribution in [2.45, 2.75) is 6.42 Å². The van der Waals surface area contributed by atoms with E-state index < -0.39 is 0 Å². The first-order valence-corrected chi connectivity index (χ1v) is 6.50. The molecule has 0 fully saturated rings. The summed E-state index contributed by atoms with van der Waals surface area (Å²) in [5.74, 6) is 8.17. The van der Waals surface area contributed by atoms with E-state index in [1.807, 2.05) is 12.1 Å². The van der Waals surface area contributed by atoms with E-state index in [0.29, 0.717) is 17.2 Å². The first-order valence-electron chi connectivity index (χ1n) is 6.50. The zero-order valence-corrected chi connectivity index (χ0v) is 14.4. The summed E-state index contributed by atoms with van der Waals surface area (Å²) < 4.78 is 16.8. The first kappa shape index (κ1) is 19.4. The van der Waals surface area contributed by atoms with Crippen LogP contribution in [0.5, 0.6) is 17.2 Å². The molecule has 0 saturated carbocycles. The highest BCUT2D eigenvalue weighted by molar-refractivity contribution is 5.57. The summed E-state index contributed by atoms with van der Waals surface area (Å²) >= 11 is 0. The SMILES string of the molecule is COc1cc(C#CCC[N+](C)(C)C)cc(OC)c1OC.[Cl-]. The Morgan fingerprint density at radius 3 is 1.86 bits per heavy atom. The maximum Gasteiger partial charge on any atom is 0.203 e. The number of rotatable bonds is 5. The van der Waals surface area contributed by atoms with Crippen LogP contribution in [0.3, 0.4) is 0 Å². The van der Waals surface area contributed by atoms with Gasteiger partial charge in [-0.3, -0.25) is 0 Å². The van der Waals surface area contributed by atoms with Crippen LogP contribution in [-0.4, -0.2) is 53.5 Å². The van der Waals surface area contributed by atoms with Crippen molar-refractivity contribution in [1.29, 1.82) is 0 Å². The predicted molar refractivity (Wildman–Crippen MR) is 80.5 cm³/mol. The van der Waals surface area contributed by atoms with E-state index >= 15 is 0 Å². The Balaban J connectivity index is 0.00000400. The second-order valence-electron chi connectivity index (χ2n) is 5.48. The maximum absolute atomic E-state index is 5.30. The molecule has 0 spiro atoms. The number of hydrogen-bond donors (Lipinski definition) is 0. The molecule has 4 nitrogen and oxygen atoms in total. The van der Waals surface area contributed by atoms with Gasteiger partial charge in [0.1, 0.15) is 0 Å². The van der Waals surface area contributed by atoms with Gasteiger partial charge in [0.15, 0.2) is 11.5 Å². The number of quaternary nitrogens is 1. The predicted octanol–water partition coefficient (Wildman–Crippen LogP) is -0.836. The summed E-state index contributed by atoms with van der Waals surface area (Å²) in [6, 6.07) is 3.72. The van der Waals surface area contributed by atoms with Crippen LogP contribution in [-0.2, 0) is 0 Å². The van der Waals surface area contributed by atoms with Gasteiger partial charge in [0.05, 0.1) is 55.4 Å². The molecule has 0 N–H and O–H groups in total. The van der Waals surface area contributed by atoms with Crippen LogP contribution in [0.15, 0.2) is 12.1 Å². The molecule has 1 aromatic rings. The molecule has 21 heavy (non-hydrogen) atoms. The second-order valence-corrected chi connectivity index (χ2v) is 5.48. The van der Waals surface area contributed by atoms with Crippen LogP contribution in [0.1, 0.15) is 12.0 Å². The van der Waals surface area contributed by atoms with Gasteiger partial charge in [0.2, 0.25) is 5.75 Å². The van der Waals surface area contributed by atoms with Gasteiger partial charge in [-0.2, -0.15) is 0 Å². The first-order chi connectivity index (χ1) is 9.41. The van der Waals surface area contributed by atoms with Crippen molar-refractivity contribution in [3.63, 3.8) is 0 Å². The number of benzene rings is 1. The molecule has 0 aliphatic carbocycles. The van der Waals surface area contributed by atoms with Gasteiger partial charge in [-0.25, -0.2) is 0 Å². The van der Waals surface area contributed by atoms with Crippen molar-refractivity contribution in [3.05, 3.63) is 17.7 Å². The molecule has 0 amide bonds. The lowest BCUT2D eigenvalue weighted by atomic mass is 10.1. The van der Waals surface area contributed by atoms with Crippen molar-refractivity contribution < 1.29 is 31.1 Å². The standard InChI is InChI=1S/C16H24NO3.ClH/c1-17(2,3)10-8-7-9-13-11-14(18-4)16(20-6)15(12-13)19-5;/h11-12H,8,10H2,1-6H3;1H/q+1;/p-1. The minimum absolute atomic E-state index is 0. The highest BCUT2D eigenvalue weighted by atomic mass is 35.5. The Bertz CT molecular complexity index is 487. The Labute approximate surface area is 134 Å². The molecule has 118 valence electrons. The fraction of sp³-hybridized carbons (Fsp3) is 0.500. The zero-order valence-electron chi connectivity index (χ0n) is 13.6. The molecule has 0 bridgehead atoms. The number of hydrogen-bond acceptors (Lipinski definition) is 3. The minimum Gasteiger partial charge on any atom is -1.00 e. The largest absolute Gasteiger partial charge is 1.00 e. The van der Waals surface area contributed by atoms with Gasteiger partial charge >= 0.3 is 0 Å². The number of ether oxygens (including phenoxy) is 3. The summed E-state index contributed by atoms with van der Waals surface area (Å²) in [6.45, 7) is 1.01. The lowest BCUT2D eigenvalue weighted by Crippen LogP contribution is -3.00. The van der Waals surface area contributed by atoms with E-state index in [1.165, 1.54) is 0 Å². The number of methoxy groups -OCH3 is 3. The summed E-state index contributed by atoms with van der Waals surface area (Å²) in [5.41, 5.74) is 0.862. The van der Waals surface area contributed by atoms with Crippen molar-refractivity contribution in [2.24, 2.45) is 0 Å². The lowest BCUT2D eigenvalue weighted by Gasteiger charge is -2.22. The Kier molecular flexibility index (Phi) is 8.01. The molecule has 0 saturated heterocycles. The Morgan fingerprint density at radius 2 is 1.48 bits per heavy atom. The summed E-state index contributed by atoms with van der Waals surface area (Å²) in [7, 11) is 11.3. The monoisotopic (exact) mass is 313 g/mol. The van der Waals surface area contributed by atoms with Crippen molar-refractivity contribution >= 4 is 0 Å². The van der Waals surface area contributed by atoms with Crippen LogP contribution < -0.4 is 26.6 Å². The zero-order chi connectivity index (χ0) is 15.2. The lowest BCUT2D eigenvalue weighted by molar-refractivity contribution is -0.869. The van der Waals surface area contributed by atoms with E-state index in [-0.39, 0.29) is 12.4 Å². The van der Waals surface area contributed by atoms with Crippen LogP contribution in [0.4, 0.5) is 0 Å². The second kappa shape index (κ2) is 8.66. The highest BCUT2D eigenvalue weighted by Crippen LogP contribution is 2.37. The number of halogens is 1. The van der Waals surface area contributed by atoms with Crippen LogP contribution in [0.2, 0.25) is 0 Å². The molecule has 5 heteroatoms. The van der Waals surface area contributed by atoms with Gasteiger partial charge in [0, 0.05) is 5.56 Å². The Morgan fingerprint density at radius 1 is 0.952 bits per heavy atom. The van der Waals surface area contributed by atoms with E-state index in [2.05, 4.69) is 33.0 Å². The van der Waals surface area contributed by atoms with E-state index in [0.717, 1.165) is 23.0 Å². The molecule has 1 rings (SSSR count). The van der Waals surface area contributed by atoms with Crippen molar-refractivity contribution in [3.8, 4) is 29.1 Å². The normalized spacial score (nSPS) is 10.0. The van der Waals surface area contributed by atoms with Gasteiger partial charge in [-0.1, -0.05) is 11.8 Å².